The van der Waals surface area contributed by atoms with Crippen LogP contribution in [-0.2, 0) is 6.54 Å². The van der Waals surface area contributed by atoms with Gasteiger partial charge in [0.1, 0.15) is 11.4 Å². The van der Waals surface area contributed by atoms with Crippen LogP contribution < -0.4 is 4.74 Å². The van der Waals surface area contributed by atoms with E-state index in [0.29, 0.717) is 6.61 Å². The number of aliphatic hydroxyl groups excluding tert-OH is 1. The molecule has 0 amide bonds. The SMILES string of the molecule is CN(C)Cc1cc2[nH]nc(-c3cc4ccc(OCCCN5CCC(O)CC5)cc4[nH]3)c2s1. The first-order valence-corrected chi connectivity index (χ1v) is 12.1. The van der Waals surface area contributed by atoms with E-state index in [1.54, 1.807) is 11.3 Å². The third-order valence-corrected chi connectivity index (χ3v) is 7.18. The molecule has 3 N–H and O–H groups in total. The van der Waals surface area contributed by atoms with Crippen LogP contribution in [-0.4, -0.2) is 76.5 Å². The van der Waals surface area contributed by atoms with E-state index in [1.807, 2.05) is 6.07 Å². The summed E-state index contributed by atoms with van der Waals surface area (Å²) >= 11 is 1.79. The fourth-order valence-corrected chi connectivity index (χ4v) is 5.61. The highest BCUT2D eigenvalue weighted by Gasteiger charge is 2.17. The lowest BCUT2D eigenvalue weighted by atomic mass is 10.1. The fraction of sp³-hybridized carbons (Fsp3) is 0.458. The molecule has 7 nitrogen and oxygen atoms in total. The number of likely N-dealkylation sites (tertiary alicyclic amines) is 1. The zero-order chi connectivity index (χ0) is 22.1. The average Bonchev–Trinajstić information content (AvgIpc) is 3.45. The first-order valence-electron chi connectivity index (χ1n) is 11.3. The third kappa shape index (κ3) is 4.68. The lowest BCUT2D eigenvalue weighted by molar-refractivity contribution is 0.0800. The summed E-state index contributed by atoms with van der Waals surface area (Å²) < 4.78 is 7.21. The van der Waals surface area contributed by atoms with Gasteiger partial charge in [-0.15, -0.1) is 11.3 Å². The summed E-state index contributed by atoms with van der Waals surface area (Å²) in [5.41, 5.74) is 4.14. The Kier molecular flexibility index (Phi) is 6.19. The second-order valence-electron chi connectivity index (χ2n) is 8.97. The normalized spacial score (nSPS) is 16.0. The maximum atomic E-state index is 9.62. The number of aromatic nitrogens is 3. The van der Waals surface area contributed by atoms with Crippen molar-refractivity contribution in [2.45, 2.75) is 31.9 Å². The molecule has 0 bridgehead atoms. The van der Waals surface area contributed by atoms with Gasteiger partial charge < -0.3 is 24.6 Å². The first kappa shape index (κ1) is 21.5. The number of rotatable bonds is 8. The van der Waals surface area contributed by atoms with Gasteiger partial charge in [0.15, 0.2) is 0 Å². The Balaban J connectivity index is 1.24. The fourth-order valence-electron chi connectivity index (χ4n) is 4.38. The van der Waals surface area contributed by atoms with Gasteiger partial charge in [0.25, 0.3) is 0 Å². The minimum atomic E-state index is -0.114. The van der Waals surface area contributed by atoms with E-state index in [0.717, 1.165) is 79.0 Å². The molecular weight excluding hydrogens is 422 g/mol. The van der Waals surface area contributed by atoms with Crippen molar-refractivity contribution in [3.05, 3.63) is 35.2 Å². The van der Waals surface area contributed by atoms with Crippen molar-refractivity contribution >= 4 is 32.5 Å². The van der Waals surface area contributed by atoms with E-state index >= 15 is 0 Å². The average molecular weight is 454 g/mol. The van der Waals surface area contributed by atoms with Crippen molar-refractivity contribution in [1.29, 1.82) is 0 Å². The minimum Gasteiger partial charge on any atom is -0.493 e. The van der Waals surface area contributed by atoms with Gasteiger partial charge >= 0.3 is 0 Å². The number of H-pyrrole nitrogens is 2. The Morgan fingerprint density at radius 1 is 1.19 bits per heavy atom. The zero-order valence-electron chi connectivity index (χ0n) is 18.7. The molecule has 8 heteroatoms. The van der Waals surface area contributed by atoms with Crippen LogP contribution in [0.15, 0.2) is 30.3 Å². The lowest BCUT2D eigenvalue weighted by Crippen LogP contribution is -2.36. The molecule has 0 radical (unpaired) electrons. The summed E-state index contributed by atoms with van der Waals surface area (Å²) in [6, 6.07) is 10.6. The minimum absolute atomic E-state index is 0.114. The predicted molar refractivity (Wildman–Crippen MR) is 130 cm³/mol. The molecule has 0 aliphatic carbocycles. The second kappa shape index (κ2) is 9.23. The number of nitrogens with zero attached hydrogens (tertiary/aromatic N) is 3. The van der Waals surface area contributed by atoms with Crippen molar-refractivity contribution in [3.63, 3.8) is 0 Å². The number of piperidine rings is 1. The quantitative estimate of drug-likeness (QED) is 0.351. The Hall–Kier alpha value is -2.39. The van der Waals surface area contributed by atoms with E-state index in [9.17, 15) is 5.11 Å². The van der Waals surface area contributed by atoms with Gasteiger partial charge in [0, 0.05) is 48.0 Å². The molecule has 1 aromatic carbocycles. The van der Waals surface area contributed by atoms with Crippen LogP contribution in [0.25, 0.3) is 32.5 Å². The Morgan fingerprint density at radius 2 is 2.03 bits per heavy atom. The first-order chi connectivity index (χ1) is 15.5. The maximum absolute atomic E-state index is 9.62. The molecule has 170 valence electrons. The monoisotopic (exact) mass is 453 g/mol. The number of benzene rings is 1. The molecule has 1 saturated heterocycles. The molecule has 0 saturated carbocycles. The Morgan fingerprint density at radius 3 is 2.84 bits per heavy atom. The van der Waals surface area contributed by atoms with E-state index in [4.69, 9.17) is 4.74 Å². The van der Waals surface area contributed by atoms with Crippen molar-refractivity contribution in [3.8, 4) is 17.1 Å². The van der Waals surface area contributed by atoms with Crippen molar-refractivity contribution in [2.75, 3.05) is 40.3 Å². The van der Waals surface area contributed by atoms with E-state index in [2.05, 4.69) is 63.3 Å². The molecule has 0 unspecified atom stereocenters. The molecule has 4 heterocycles. The zero-order valence-corrected chi connectivity index (χ0v) is 19.5. The number of thiophene rings is 1. The Bertz CT molecular complexity index is 1190. The van der Waals surface area contributed by atoms with Crippen molar-refractivity contribution in [2.24, 2.45) is 0 Å². The molecule has 4 aromatic rings. The highest BCUT2D eigenvalue weighted by atomic mass is 32.1. The number of aromatic amines is 2. The molecule has 1 aliphatic rings. The van der Waals surface area contributed by atoms with Gasteiger partial charge in [-0.05, 0) is 57.6 Å². The summed E-state index contributed by atoms with van der Waals surface area (Å²) in [5, 5.41) is 18.5. The summed E-state index contributed by atoms with van der Waals surface area (Å²) in [6.07, 6.45) is 2.65. The number of hydrogen-bond donors (Lipinski definition) is 3. The number of aliphatic hydroxyl groups is 1. The van der Waals surface area contributed by atoms with Gasteiger partial charge in [0.2, 0.25) is 0 Å². The molecule has 0 spiro atoms. The van der Waals surface area contributed by atoms with E-state index < -0.39 is 0 Å². The summed E-state index contributed by atoms with van der Waals surface area (Å²) in [4.78, 5) is 9.45. The lowest BCUT2D eigenvalue weighted by Gasteiger charge is -2.29. The van der Waals surface area contributed by atoms with E-state index in [1.165, 1.54) is 9.58 Å². The standard InChI is InChI=1S/C24H31N5O2S/c1-28(2)15-19-14-22-24(32-19)23(27-26-22)21-12-16-4-5-18(13-20(16)25-21)31-11-3-8-29-9-6-17(30)7-10-29/h4-5,12-14,17,25,30H,3,6-11,15H2,1-2H3,(H,26,27). The van der Waals surface area contributed by atoms with Gasteiger partial charge in [-0.1, -0.05) is 0 Å². The highest BCUT2D eigenvalue weighted by molar-refractivity contribution is 7.19. The summed E-state index contributed by atoms with van der Waals surface area (Å²) in [6.45, 7) is 4.62. The van der Waals surface area contributed by atoms with Crippen LogP contribution in [0.4, 0.5) is 0 Å². The summed E-state index contributed by atoms with van der Waals surface area (Å²) in [5.74, 6) is 0.886. The van der Waals surface area contributed by atoms with Crippen LogP contribution in [0.1, 0.15) is 24.1 Å². The third-order valence-electron chi connectivity index (χ3n) is 6.05. The predicted octanol–water partition coefficient (Wildman–Crippen LogP) is 4.06. The van der Waals surface area contributed by atoms with Crippen LogP contribution in [0.3, 0.4) is 0 Å². The van der Waals surface area contributed by atoms with Crippen LogP contribution in [0, 0.1) is 0 Å². The second-order valence-corrected chi connectivity index (χ2v) is 10.1. The summed E-state index contributed by atoms with van der Waals surface area (Å²) in [7, 11) is 4.17. The molecule has 1 fully saturated rings. The van der Waals surface area contributed by atoms with Gasteiger partial charge in [-0.3, -0.25) is 5.10 Å². The largest absolute Gasteiger partial charge is 0.493 e. The topological polar surface area (TPSA) is 80.4 Å². The van der Waals surface area contributed by atoms with E-state index in [-0.39, 0.29) is 6.10 Å². The van der Waals surface area contributed by atoms with Gasteiger partial charge in [-0.2, -0.15) is 5.10 Å². The number of ether oxygens (including phenoxy) is 1. The molecule has 32 heavy (non-hydrogen) atoms. The Labute approximate surface area is 192 Å². The van der Waals surface area contributed by atoms with Gasteiger partial charge in [-0.25, -0.2) is 0 Å². The number of hydrogen-bond acceptors (Lipinski definition) is 6. The maximum Gasteiger partial charge on any atom is 0.126 e. The number of fused-ring (bicyclic) bond motifs is 2. The molecule has 1 aliphatic heterocycles. The number of nitrogens with one attached hydrogen (secondary N) is 2. The van der Waals surface area contributed by atoms with Crippen LogP contribution >= 0.6 is 11.3 Å². The molecule has 3 aromatic heterocycles. The smallest absolute Gasteiger partial charge is 0.126 e. The van der Waals surface area contributed by atoms with Crippen molar-refractivity contribution in [1.82, 2.24) is 25.0 Å². The molecular formula is C24H31N5O2S. The molecule has 0 atom stereocenters. The van der Waals surface area contributed by atoms with Crippen molar-refractivity contribution < 1.29 is 9.84 Å². The highest BCUT2D eigenvalue weighted by Crippen LogP contribution is 2.35. The van der Waals surface area contributed by atoms with Crippen LogP contribution in [0.2, 0.25) is 0 Å². The molecule has 5 rings (SSSR count). The van der Waals surface area contributed by atoms with Gasteiger partial charge in [0.05, 0.1) is 28.6 Å². The van der Waals surface area contributed by atoms with Crippen LogP contribution in [0.5, 0.6) is 5.75 Å².